The highest BCUT2D eigenvalue weighted by Gasteiger charge is 2.40. The van der Waals surface area contributed by atoms with Crippen molar-refractivity contribution in [2.75, 3.05) is 12.4 Å². The van der Waals surface area contributed by atoms with Gasteiger partial charge < -0.3 is 20.3 Å². The van der Waals surface area contributed by atoms with Gasteiger partial charge in [0.2, 0.25) is 0 Å². The first-order chi connectivity index (χ1) is 15.4. The van der Waals surface area contributed by atoms with Gasteiger partial charge >= 0.3 is 5.97 Å². The summed E-state index contributed by atoms with van der Waals surface area (Å²) in [5, 5.41) is 24.3. The van der Waals surface area contributed by atoms with Crippen LogP contribution in [0.25, 0.3) is 10.6 Å². The molecule has 9 heteroatoms. The Balaban J connectivity index is 1.49. The van der Waals surface area contributed by atoms with E-state index in [1.165, 1.54) is 11.3 Å². The van der Waals surface area contributed by atoms with Crippen LogP contribution in [0.15, 0.2) is 42.7 Å². The van der Waals surface area contributed by atoms with Crippen LogP contribution >= 0.6 is 11.3 Å². The summed E-state index contributed by atoms with van der Waals surface area (Å²) in [7, 11) is 1.60. The summed E-state index contributed by atoms with van der Waals surface area (Å²) in [5.41, 5.74) is -0.362. The normalized spacial score (nSPS) is 20.3. The molecule has 0 amide bonds. The third-order valence-electron chi connectivity index (χ3n) is 6.03. The molecule has 0 aromatic carbocycles. The van der Waals surface area contributed by atoms with E-state index < -0.39 is 11.6 Å². The molecular weight excluding hydrogens is 428 g/mol. The highest BCUT2D eigenvalue weighted by molar-refractivity contribution is 7.15. The fraction of sp³-hybridized carbons (Fsp3) is 0.391. The van der Waals surface area contributed by atoms with Crippen LogP contribution in [0.1, 0.15) is 37.6 Å². The SMILES string of the molecule is COc1ccnc(Nc2cccc(-c3cnc(C(C)(O)C4CCC(C(=O)O)CC4)s3)n2)c1. The minimum Gasteiger partial charge on any atom is -0.497 e. The Bertz CT molecular complexity index is 1090. The maximum atomic E-state index is 11.2. The van der Waals surface area contributed by atoms with E-state index >= 15 is 0 Å². The maximum Gasteiger partial charge on any atom is 0.306 e. The monoisotopic (exact) mass is 454 g/mol. The van der Waals surface area contributed by atoms with Crippen LogP contribution in [-0.4, -0.2) is 38.2 Å². The number of nitrogens with zero attached hydrogens (tertiary/aromatic N) is 3. The largest absolute Gasteiger partial charge is 0.497 e. The fourth-order valence-corrected chi connectivity index (χ4v) is 5.09. The number of hydrogen-bond acceptors (Lipinski definition) is 8. The van der Waals surface area contributed by atoms with E-state index in [-0.39, 0.29) is 11.8 Å². The number of nitrogens with one attached hydrogen (secondary N) is 1. The van der Waals surface area contributed by atoms with Gasteiger partial charge in [0.05, 0.1) is 23.6 Å². The lowest BCUT2D eigenvalue weighted by molar-refractivity contribution is -0.144. The molecular formula is C23H26N4O4S. The third-order valence-corrected chi connectivity index (χ3v) is 7.28. The van der Waals surface area contributed by atoms with Crippen molar-refractivity contribution < 1.29 is 19.7 Å². The Morgan fingerprint density at radius 1 is 1.19 bits per heavy atom. The van der Waals surface area contributed by atoms with Gasteiger partial charge in [0.1, 0.15) is 28.0 Å². The van der Waals surface area contributed by atoms with Gasteiger partial charge in [-0.05, 0) is 56.7 Å². The van der Waals surface area contributed by atoms with Crippen LogP contribution in [0, 0.1) is 11.8 Å². The molecule has 0 spiro atoms. The number of thiazole rings is 1. The van der Waals surface area contributed by atoms with Gasteiger partial charge in [-0.3, -0.25) is 4.79 Å². The van der Waals surface area contributed by atoms with Crippen molar-refractivity contribution in [1.82, 2.24) is 15.0 Å². The summed E-state index contributed by atoms with van der Waals surface area (Å²) in [5.74, 6) is 0.883. The van der Waals surface area contributed by atoms with E-state index in [9.17, 15) is 15.0 Å². The van der Waals surface area contributed by atoms with Gasteiger partial charge in [0.25, 0.3) is 0 Å². The maximum absolute atomic E-state index is 11.2. The molecule has 8 nitrogen and oxygen atoms in total. The topological polar surface area (TPSA) is 117 Å². The Labute approximate surface area is 190 Å². The second kappa shape index (κ2) is 9.22. The number of carbonyl (C=O) groups is 1. The van der Waals surface area contributed by atoms with E-state index in [0.717, 1.165) is 10.6 Å². The van der Waals surface area contributed by atoms with Crippen molar-refractivity contribution in [3.05, 3.63) is 47.7 Å². The number of aromatic nitrogens is 3. The van der Waals surface area contributed by atoms with Gasteiger partial charge in [0.15, 0.2) is 0 Å². The smallest absolute Gasteiger partial charge is 0.306 e. The number of rotatable bonds is 7. The summed E-state index contributed by atoms with van der Waals surface area (Å²) in [6.45, 7) is 1.78. The molecule has 3 heterocycles. The van der Waals surface area contributed by atoms with E-state index in [4.69, 9.17) is 4.74 Å². The lowest BCUT2D eigenvalue weighted by Gasteiger charge is -2.35. The zero-order valence-corrected chi connectivity index (χ0v) is 18.8. The molecule has 0 saturated heterocycles. The highest BCUT2D eigenvalue weighted by atomic mass is 32.1. The average molecular weight is 455 g/mol. The minimum absolute atomic E-state index is 0.0165. The number of carboxylic acid groups (broad SMARTS) is 1. The molecule has 0 bridgehead atoms. The molecule has 3 aromatic rings. The molecule has 0 aliphatic heterocycles. The number of hydrogen-bond donors (Lipinski definition) is 3. The molecule has 3 aromatic heterocycles. The molecule has 1 aliphatic carbocycles. The predicted molar refractivity (Wildman–Crippen MR) is 122 cm³/mol. The summed E-state index contributed by atoms with van der Waals surface area (Å²) < 4.78 is 5.23. The zero-order chi connectivity index (χ0) is 22.7. The Kier molecular flexibility index (Phi) is 6.38. The molecule has 1 unspecified atom stereocenters. The van der Waals surface area contributed by atoms with Crippen molar-refractivity contribution in [3.8, 4) is 16.3 Å². The summed E-state index contributed by atoms with van der Waals surface area (Å²) in [6, 6.07) is 9.21. The first-order valence-electron chi connectivity index (χ1n) is 10.5. The van der Waals surface area contributed by atoms with E-state index in [0.29, 0.717) is 48.1 Å². The second-order valence-electron chi connectivity index (χ2n) is 8.18. The lowest BCUT2D eigenvalue weighted by atomic mass is 9.74. The van der Waals surface area contributed by atoms with Crippen LogP contribution in [-0.2, 0) is 10.4 Å². The lowest BCUT2D eigenvalue weighted by Crippen LogP contribution is -2.35. The third kappa shape index (κ3) is 4.73. The van der Waals surface area contributed by atoms with Crippen LogP contribution < -0.4 is 10.1 Å². The number of ether oxygens (including phenoxy) is 1. The van der Waals surface area contributed by atoms with Crippen LogP contribution in [0.5, 0.6) is 5.75 Å². The fourth-order valence-electron chi connectivity index (χ4n) is 4.08. The first kappa shape index (κ1) is 22.2. The second-order valence-corrected chi connectivity index (χ2v) is 9.21. The number of carboxylic acids is 1. The molecule has 3 N–H and O–H groups in total. The van der Waals surface area contributed by atoms with Gasteiger partial charge in [-0.25, -0.2) is 15.0 Å². The number of methoxy groups -OCH3 is 1. The summed E-state index contributed by atoms with van der Waals surface area (Å²) in [6.07, 6.45) is 5.90. The number of anilines is 2. The summed E-state index contributed by atoms with van der Waals surface area (Å²) in [4.78, 5) is 25.5. The molecule has 168 valence electrons. The zero-order valence-electron chi connectivity index (χ0n) is 18.0. The van der Waals surface area contributed by atoms with E-state index in [1.54, 1.807) is 38.6 Å². The van der Waals surface area contributed by atoms with Crippen LogP contribution in [0.4, 0.5) is 11.6 Å². The van der Waals surface area contributed by atoms with Gasteiger partial charge in [0, 0.05) is 18.5 Å². The van der Waals surface area contributed by atoms with Crippen molar-refractivity contribution in [2.24, 2.45) is 11.8 Å². The van der Waals surface area contributed by atoms with Gasteiger partial charge in [-0.15, -0.1) is 11.3 Å². The Hall–Kier alpha value is -3.04. The van der Waals surface area contributed by atoms with E-state index in [2.05, 4.69) is 20.3 Å². The van der Waals surface area contributed by atoms with Crippen molar-refractivity contribution in [1.29, 1.82) is 0 Å². The van der Waals surface area contributed by atoms with Crippen LogP contribution in [0.3, 0.4) is 0 Å². The Morgan fingerprint density at radius 2 is 1.97 bits per heavy atom. The molecule has 4 rings (SSSR count). The number of pyridine rings is 2. The molecule has 0 radical (unpaired) electrons. The summed E-state index contributed by atoms with van der Waals surface area (Å²) >= 11 is 1.41. The molecule has 1 atom stereocenters. The quantitative estimate of drug-likeness (QED) is 0.479. The van der Waals surface area contributed by atoms with Crippen molar-refractivity contribution in [3.63, 3.8) is 0 Å². The molecule has 1 fully saturated rings. The van der Waals surface area contributed by atoms with Gasteiger partial charge in [-0.2, -0.15) is 0 Å². The van der Waals surface area contributed by atoms with E-state index in [1.807, 2.05) is 18.2 Å². The van der Waals surface area contributed by atoms with Gasteiger partial charge in [-0.1, -0.05) is 6.07 Å². The standard InChI is InChI=1S/C23H26N4O4S/c1-23(30,15-8-6-14(7-9-15)21(28)29)22-25-13-18(32-22)17-4-3-5-19(26-17)27-20-12-16(31-2)10-11-24-20/h3-5,10-15,30H,6-9H2,1-2H3,(H,28,29)(H,24,26,27). The van der Waals surface area contributed by atoms with Crippen molar-refractivity contribution >= 4 is 28.9 Å². The van der Waals surface area contributed by atoms with Crippen LogP contribution in [0.2, 0.25) is 0 Å². The Morgan fingerprint density at radius 3 is 2.69 bits per heavy atom. The first-order valence-corrected chi connectivity index (χ1v) is 11.3. The molecule has 1 saturated carbocycles. The average Bonchev–Trinajstić information content (AvgIpc) is 3.31. The van der Waals surface area contributed by atoms with Crippen molar-refractivity contribution in [2.45, 2.75) is 38.2 Å². The molecule has 32 heavy (non-hydrogen) atoms. The predicted octanol–water partition coefficient (Wildman–Crippen LogP) is 4.45. The highest BCUT2D eigenvalue weighted by Crippen LogP contribution is 2.43. The minimum atomic E-state index is -1.10. The number of aliphatic hydroxyl groups is 1. The molecule has 1 aliphatic rings. The number of aliphatic carboxylic acids is 1.